The number of hydrogen-bond acceptors (Lipinski definition) is 3. The Labute approximate surface area is 149 Å². The van der Waals surface area contributed by atoms with Crippen molar-refractivity contribution < 1.29 is 14.3 Å². The summed E-state index contributed by atoms with van der Waals surface area (Å²) in [7, 11) is 0. The van der Waals surface area contributed by atoms with Crippen molar-refractivity contribution in [3.8, 4) is 5.75 Å². The van der Waals surface area contributed by atoms with Crippen LogP contribution >= 0.6 is 15.9 Å². The third-order valence-electron chi connectivity index (χ3n) is 3.27. The molecule has 5 nitrogen and oxygen atoms in total. The van der Waals surface area contributed by atoms with Crippen LogP contribution in [0.15, 0.2) is 53.0 Å². The summed E-state index contributed by atoms with van der Waals surface area (Å²) in [5.41, 5.74) is 1.33. The van der Waals surface area contributed by atoms with E-state index in [2.05, 4.69) is 21.2 Å². The van der Waals surface area contributed by atoms with Gasteiger partial charge in [-0.25, -0.2) is 0 Å². The van der Waals surface area contributed by atoms with Gasteiger partial charge in [0, 0.05) is 22.8 Å². The van der Waals surface area contributed by atoms with Crippen molar-refractivity contribution >= 4 is 39.1 Å². The van der Waals surface area contributed by atoms with E-state index >= 15 is 0 Å². The molecule has 0 spiro atoms. The van der Waals surface area contributed by atoms with Crippen molar-refractivity contribution in [3.05, 3.63) is 53.0 Å². The van der Waals surface area contributed by atoms with E-state index < -0.39 is 0 Å². The van der Waals surface area contributed by atoms with Crippen LogP contribution in [0.5, 0.6) is 5.75 Å². The first-order chi connectivity index (χ1) is 11.5. The Kier molecular flexibility index (Phi) is 6.37. The molecule has 0 aliphatic rings. The fraction of sp³-hybridized carbons (Fsp3) is 0.222. The highest BCUT2D eigenvalue weighted by Gasteiger charge is 2.16. The topological polar surface area (TPSA) is 58.6 Å². The molecule has 6 heteroatoms. The van der Waals surface area contributed by atoms with Crippen LogP contribution in [-0.2, 0) is 9.59 Å². The lowest BCUT2D eigenvalue weighted by atomic mass is 10.2. The Balaban J connectivity index is 2.06. The maximum Gasteiger partial charge on any atom is 0.244 e. The summed E-state index contributed by atoms with van der Waals surface area (Å²) in [4.78, 5) is 25.5. The molecule has 0 saturated heterocycles. The summed E-state index contributed by atoms with van der Waals surface area (Å²) in [6, 6.07) is 14.3. The van der Waals surface area contributed by atoms with Gasteiger partial charge in [0.05, 0.1) is 6.61 Å². The van der Waals surface area contributed by atoms with Gasteiger partial charge in [0.2, 0.25) is 11.8 Å². The number of carbonyl (C=O) groups excluding carboxylic acids is 2. The third kappa shape index (κ3) is 5.09. The van der Waals surface area contributed by atoms with Crippen LogP contribution in [0.25, 0.3) is 0 Å². The second kappa shape index (κ2) is 8.49. The van der Waals surface area contributed by atoms with Crippen molar-refractivity contribution in [2.75, 3.05) is 23.4 Å². The van der Waals surface area contributed by atoms with Gasteiger partial charge < -0.3 is 15.0 Å². The van der Waals surface area contributed by atoms with Gasteiger partial charge in [-0.2, -0.15) is 0 Å². The zero-order chi connectivity index (χ0) is 17.5. The molecule has 1 N–H and O–H groups in total. The third-order valence-corrected chi connectivity index (χ3v) is 3.80. The first-order valence-electron chi connectivity index (χ1n) is 7.56. The molecule has 0 bridgehead atoms. The first-order valence-corrected chi connectivity index (χ1v) is 8.35. The number of halogens is 1. The summed E-state index contributed by atoms with van der Waals surface area (Å²) >= 11 is 3.34. The van der Waals surface area contributed by atoms with Gasteiger partial charge in [-0.05, 0) is 55.5 Å². The van der Waals surface area contributed by atoms with E-state index in [-0.39, 0.29) is 18.4 Å². The molecule has 0 aliphatic carbocycles. The molecular weight excluding hydrogens is 372 g/mol. The Morgan fingerprint density at radius 3 is 2.25 bits per heavy atom. The number of amides is 2. The fourth-order valence-corrected chi connectivity index (χ4v) is 2.42. The van der Waals surface area contributed by atoms with E-state index in [1.54, 1.807) is 36.4 Å². The molecule has 126 valence electrons. The molecule has 0 heterocycles. The molecule has 0 saturated carbocycles. The minimum Gasteiger partial charge on any atom is -0.494 e. The Bertz CT molecular complexity index is 699. The van der Waals surface area contributed by atoms with Gasteiger partial charge in [0.1, 0.15) is 12.3 Å². The number of rotatable bonds is 6. The first kappa shape index (κ1) is 18.0. The Hall–Kier alpha value is -2.34. The van der Waals surface area contributed by atoms with Crippen LogP contribution in [0.4, 0.5) is 11.4 Å². The van der Waals surface area contributed by atoms with Crippen LogP contribution in [0, 0.1) is 0 Å². The highest BCUT2D eigenvalue weighted by atomic mass is 79.9. The Morgan fingerprint density at radius 2 is 1.71 bits per heavy atom. The molecule has 0 atom stereocenters. The summed E-state index contributed by atoms with van der Waals surface area (Å²) in [5, 5.41) is 2.78. The quantitative estimate of drug-likeness (QED) is 0.814. The number of nitrogens with zero attached hydrogens (tertiary/aromatic N) is 1. The molecule has 0 radical (unpaired) electrons. The normalized spacial score (nSPS) is 10.1. The lowest BCUT2D eigenvalue weighted by molar-refractivity contribution is -0.120. The molecule has 2 aromatic carbocycles. The average Bonchev–Trinajstić information content (AvgIpc) is 2.56. The van der Waals surface area contributed by atoms with Crippen molar-refractivity contribution in [1.82, 2.24) is 0 Å². The fourth-order valence-electron chi connectivity index (χ4n) is 2.15. The summed E-state index contributed by atoms with van der Waals surface area (Å²) in [6.45, 7) is 3.86. The standard InChI is InChI=1S/C18H19BrN2O3/c1-3-24-17-10-8-16(9-11-17)21(13(2)22)12-18(23)20-15-6-4-14(19)5-7-15/h4-11H,3,12H2,1-2H3,(H,20,23). The predicted octanol–water partition coefficient (Wildman–Crippen LogP) is 3.84. The van der Waals surface area contributed by atoms with Crippen molar-refractivity contribution in [3.63, 3.8) is 0 Å². The SMILES string of the molecule is CCOc1ccc(N(CC(=O)Nc2ccc(Br)cc2)C(C)=O)cc1. The van der Waals surface area contributed by atoms with Gasteiger partial charge in [-0.15, -0.1) is 0 Å². The number of ether oxygens (including phenoxy) is 1. The van der Waals surface area contributed by atoms with Gasteiger partial charge in [0.15, 0.2) is 0 Å². The van der Waals surface area contributed by atoms with Crippen LogP contribution in [0.3, 0.4) is 0 Å². The second-order valence-corrected chi connectivity index (χ2v) is 6.00. The van der Waals surface area contributed by atoms with E-state index in [1.165, 1.54) is 11.8 Å². The van der Waals surface area contributed by atoms with Crippen LogP contribution < -0.4 is 15.0 Å². The van der Waals surface area contributed by atoms with Crippen molar-refractivity contribution in [1.29, 1.82) is 0 Å². The average molecular weight is 391 g/mol. The molecule has 2 aromatic rings. The maximum atomic E-state index is 12.2. The second-order valence-electron chi connectivity index (χ2n) is 5.09. The van der Waals surface area contributed by atoms with E-state index in [0.717, 1.165) is 10.2 Å². The smallest absolute Gasteiger partial charge is 0.244 e. The highest BCUT2D eigenvalue weighted by molar-refractivity contribution is 9.10. The number of carbonyl (C=O) groups is 2. The maximum absolute atomic E-state index is 12.2. The zero-order valence-electron chi connectivity index (χ0n) is 13.6. The van der Waals surface area contributed by atoms with Crippen molar-refractivity contribution in [2.45, 2.75) is 13.8 Å². The summed E-state index contributed by atoms with van der Waals surface area (Å²) in [5.74, 6) is 0.260. The highest BCUT2D eigenvalue weighted by Crippen LogP contribution is 2.20. The molecule has 0 aliphatic heterocycles. The molecule has 0 unspecified atom stereocenters. The van der Waals surface area contributed by atoms with Gasteiger partial charge in [-0.3, -0.25) is 9.59 Å². The lowest BCUT2D eigenvalue weighted by Crippen LogP contribution is -2.36. The summed E-state index contributed by atoms with van der Waals surface area (Å²) < 4.78 is 6.32. The molecule has 2 rings (SSSR count). The molecule has 24 heavy (non-hydrogen) atoms. The van der Waals surface area contributed by atoms with Crippen LogP contribution in [0.1, 0.15) is 13.8 Å². The van der Waals surface area contributed by atoms with E-state index in [1.807, 2.05) is 19.1 Å². The van der Waals surface area contributed by atoms with E-state index in [0.29, 0.717) is 18.0 Å². The number of nitrogens with one attached hydrogen (secondary N) is 1. The lowest BCUT2D eigenvalue weighted by Gasteiger charge is -2.21. The molecule has 2 amide bonds. The number of hydrogen-bond donors (Lipinski definition) is 1. The van der Waals surface area contributed by atoms with Gasteiger partial charge in [0.25, 0.3) is 0 Å². The van der Waals surface area contributed by atoms with Crippen molar-refractivity contribution in [2.24, 2.45) is 0 Å². The zero-order valence-corrected chi connectivity index (χ0v) is 15.2. The predicted molar refractivity (Wildman–Crippen MR) is 98.4 cm³/mol. The summed E-state index contributed by atoms with van der Waals surface area (Å²) in [6.07, 6.45) is 0. The number of anilines is 2. The van der Waals surface area contributed by atoms with E-state index in [9.17, 15) is 9.59 Å². The largest absolute Gasteiger partial charge is 0.494 e. The van der Waals surface area contributed by atoms with Gasteiger partial charge in [-0.1, -0.05) is 15.9 Å². The Morgan fingerprint density at radius 1 is 1.08 bits per heavy atom. The van der Waals surface area contributed by atoms with E-state index in [4.69, 9.17) is 4.74 Å². The van der Waals surface area contributed by atoms with Gasteiger partial charge >= 0.3 is 0 Å². The minimum absolute atomic E-state index is 0.0562. The molecule has 0 fully saturated rings. The minimum atomic E-state index is -0.263. The number of benzene rings is 2. The van der Waals surface area contributed by atoms with Crippen LogP contribution in [0.2, 0.25) is 0 Å². The molecular formula is C18H19BrN2O3. The van der Waals surface area contributed by atoms with Crippen LogP contribution in [-0.4, -0.2) is 25.0 Å². The monoisotopic (exact) mass is 390 g/mol. The molecule has 0 aromatic heterocycles.